The first-order chi connectivity index (χ1) is 7.87. The Morgan fingerprint density at radius 3 is 2.35 bits per heavy atom. The second-order valence-electron chi connectivity index (χ2n) is 6.42. The van der Waals surface area contributed by atoms with E-state index >= 15 is 0 Å². The van der Waals surface area contributed by atoms with Crippen molar-refractivity contribution in [3.8, 4) is 0 Å². The van der Waals surface area contributed by atoms with Crippen LogP contribution in [0.5, 0.6) is 0 Å². The quantitative estimate of drug-likeness (QED) is 0.731. The minimum Gasteiger partial charge on any atom is -0.261 e. The highest BCUT2D eigenvalue weighted by Gasteiger charge is 2.30. The second kappa shape index (κ2) is 5.61. The lowest BCUT2D eigenvalue weighted by molar-refractivity contribution is 0.230. The van der Waals surface area contributed by atoms with E-state index in [1.54, 1.807) is 12.4 Å². The van der Waals surface area contributed by atoms with Crippen LogP contribution in [-0.2, 0) is 5.41 Å². The van der Waals surface area contributed by atoms with Gasteiger partial charge in [0.15, 0.2) is 0 Å². The lowest BCUT2D eigenvalue weighted by Gasteiger charge is -2.34. The Bertz CT molecular complexity index is 328. The number of aromatic nitrogens is 2. The molecule has 0 aliphatic rings. The van der Waals surface area contributed by atoms with Crippen LogP contribution in [0.4, 0.5) is 0 Å². The Morgan fingerprint density at radius 1 is 1.12 bits per heavy atom. The molecule has 2 heteroatoms. The summed E-state index contributed by atoms with van der Waals surface area (Å²) < 4.78 is 0. The molecule has 17 heavy (non-hydrogen) atoms. The third-order valence-corrected chi connectivity index (χ3v) is 3.38. The summed E-state index contributed by atoms with van der Waals surface area (Å²) in [6.07, 6.45) is 10.4. The van der Waals surface area contributed by atoms with Crippen LogP contribution in [-0.4, -0.2) is 9.97 Å². The average Bonchev–Trinajstić information content (AvgIpc) is 2.26. The molecule has 0 aromatic carbocycles. The van der Waals surface area contributed by atoms with Crippen LogP contribution in [0.1, 0.15) is 66.0 Å². The summed E-state index contributed by atoms with van der Waals surface area (Å²) >= 11 is 0. The van der Waals surface area contributed by atoms with Gasteiger partial charge in [-0.3, -0.25) is 9.97 Å². The molecule has 96 valence electrons. The summed E-state index contributed by atoms with van der Waals surface area (Å²) in [4.78, 5) is 8.63. The molecule has 0 spiro atoms. The van der Waals surface area contributed by atoms with Gasteiger partial charge in [-0.25, -0.2) is 0 Å². The van der Waals surface area contributed by atoms with E-state index in [0.29, 0.717) is 5.41 Å². The van der Waals surface area contributed by atoms with E-state index in [1.165, 1.54) is 19.3 Å². The molecule has 2 nitrogen and oxygen atoms in total. The molecule has 0 N–H and O–H groups in total. The van der Waals surface area contributed by atoms with Crippen LogP contribution >= 0.6 is 0 Å². The zero-order valence-corrected chi connectivity index (χ0v) is 12.0. The third kappa shape index (κ3) is 4.45. The zero-order valence-electron chi connectivity index (χ0n) is 12.0. The Balaban J connectivity index is 2.72. The van der Waals surface area contributed by atoms with Gasteiger partial charge in [0.1, 0.15) is 0 Å². The first-order valence-electron chi connectivity index (χ1n) is 6.64. The van der Waals surface area contributed by atoms with Crippen molar-refractivity contribution in [2.45, 2.75) is 65.7 Å². The molecular formula is C15H26N2. The molecule has 0 aliphatic carbocycles. The van der Waals surface area contributed by atoms with Crippen molar-refractivity contribution in [2.75, 3.05) is 0 Å². The Kier molecular flexibility index (Phi) is 4.67. The largest absolute Gasteiger partial charge is 0.261 e. The van der Waals surface area contributed by atoms with Gasteiger partial charge in [0.25, 0.3) is 0 Å². The molecule has 0 aliphatic heterocycles. The Morgan fingerprint density at radius 2 is 1.82 bits per heavy atom. The topological polar surface area (TPSA) is 25.8 Å². The number of rotatable bonds is 6. The van der Waals surface area contributed by atoms with E-state index in [9.17, 15) is 0 Å². The molecule has 0 amide bonds. The summed E-state index contributed by atoms with van der Waals surface area (Å²) in [5, 5.41) is 0. The normalized spacial score (nSPS) is 12.8. The van der Waals surface area contributed by atoms with Gasteiger partial charge < -0.3 is 0 Å². The van der Waals surface area contributed by atoms with Gasteiger partial charge >= 0.3 is 0 Å². The molecule has 0 radical (unpaired) electrons. The molecule has 0 atom stereocenters. The minimum absolute atomic E-state index is 0.103. The molecule has 0 unspecified atom stereocenters. The fourth-order valence-electron chi connectivity index (χ4n) is 2.68. The van der Waals surface area contributed by atoms with Crippen LogP contribution in [0.25, 0.3) is 0 Å². The average molecular weight is 234 g/mol. The van der Waals surface area contributed by atoms with Gasteiger partial charge in [-0.1, -0.05) is 47.5 Å². The predicted molar refractivity (Wildman–Crippen MR) is 73.0 cm³/mol. The van der Waals surface area contributed by atoms with Crippen molar-refractivity contribution >= 4 is 0 Å². The molecule has 1 heterocycles. The maximum Gasteiger partial charge on any atom is 0.0642 e. The Hall–Kier alpha value is -0.920. The molecule has 1 rings (SSSR count). The van der Waals surface area contributed by atoms with Crippen LogP contribution in [0.2, 0.25) is 0 Å². The molecule has 0 fully saturated rings. The number of hydrogen-bond donors (Lipinski definition) is 0. The Labute approximate surface area is 106 Å². The van der Waals surface area contributed by atoms with E-state index in [1.807, 2.05) is 6.20 Å². The fourth-order valence-corrected chi connectivity index (χ4v) is 2.68. The molecular weight excluding hydrogens is 208 g/mol. The van der Waals surface area contributed by atoms with E-state index in [2.05, 4.69) is 44.6 Å². The van der Waals surface area contributed by atoms with Crippen molar-refractivity contribution in [1.29, 1.82) is 0 Å². The van der Waals surface area contributed by atoms with Crippen LogP contribution in [0.15, 0.2) is 18.6 Å². The van der Waals surface area contributed by atoms with E-state index in [4.69, 9.17) is 0 Å². The van der Waals surface area contributed by atoms with Gasteiger partial charge in [0, 0.05) is 24.0 Å². The van der Waals surface area contributed by atoms with Crippen LogP contribution < -0.4 is 0 Å². The lowest BCUT2D eigenvalue weighted by atomic mass is 9.71. The monoisotopic (exact) mass is 234 g/mol. The highest BCUT2D eigenvalue weighted by molar-refractivity contribution is 5.10. The van der Waals surface area contributed by atoms with Crippen molar-refractivity contribution in [1.82, 2.24) is 9.97 Å². The van der Waals surface area contributed by atoms with Gasteiger partial charge in [-0.15, -0.1) is 0 Å². The highest BCUT2D eigenvalue weighted by atomic mass is 14.8. The number of nitrogens with zero attached hydrogens (tertiary/aromatic N) is 2. The van der Waals surface area contributed by atoms with Crippen molar-refractivity contribution in [3.63, 3.8) is 0 Å². The van der Waals surface area contributed by atoms with E-state index < -0.39 is 0 Å². The molecule has 1 aromatic heterocycles. The molecule has 0 saturated heterocycles. The summed E-state index contributed by atoms with van der Waals surface area (Å²) in [5.41, 5.74) is 1.58. The van der Waals surface area contributed by atoms with Crippen molar-refractivity contribution in [2.24, 2.45) is 5.41 Å². The summed E-state index contributed by atoms with van der Waals surface area (Å²) in [5.74, 6) is 0. The zero-order chi connectivity index (χ0) is 12.9. The molecule has 0 bridgehead atoms. The van der Waals surface area contributed by atoms with Crippen LogP contribution in [0.3, 0.4) is 0 Å². The smallest absolute Gasteiger partial charge is 0.0642 e. The summed E-state index contributed by atoms with van der Waals surface area (Å²) in [6, 6.07) is 0. The lowest BCUT2D eigenvalue weighted by Crippen LogP contribution is -2.27. The van der Waals surface area contributed by atoms with E-state index in [-0.39, 0.29) is 5.41 Å². The molecule has 0 saturated carbocycles. The predicted octanol–water partition coefficient (Wildman–Crippen LogP) is 4.36. The second-order valence-corrected chi connectivity index (χ2v) is 6.42. The van der Waals surface area contributed by atoms with Gasteiger partial charge in [-0.05, 0) is 18.3 Å². The fraction of sp³-hybridized carbons (Fsp3) is 0.733. The summed E-state index contributed by atoms with van der Waals surface area (Å²) in [6.45, 7) is 11.5. The van der Waals surface area contributed by atoms with E-state index in [0.717, 1.165) is 12.1 Å². The third-order valence-electron chi connectivity index (χ3n) is 3.38. The van der Waals surface area contributed by atoms with Gasteiger partial charge in [0.2, 0.25) is 0 Å². The highest BCUT2D eigenvalue weighted by Crippen LogP contribution is 2.38. The summed E-state index contributed by atoms with van der Waals surface area (Å²) in [7, 11) is 0. The molecule has 1 aromatic rings. The van der Waals surface area contributed by atoms with Crippen molar-refractivity contribution < 1.29 is 0 Å². The first kappa shape index (κ1) is 14.1. The SMILES string of the molecule is CCCCC(C)(C)CC(C)(C)c1cnccn1. The van der Waals surface area contributed by atoms with Crippen LogP contribution in [0, 0.1) is 5.41 Å². The number of unbranched alkanes of at least 4 members (excludes halogenated alkanes) is 1. The first-order valence-corrected chi connectivity index (χ1v) is 6.64. The van der Waals surface area contributed by atoms with Gasteiger partial charge in [0.05, 0.1) is 5.69 Å². The standard InChI is InChI=1S/C15H26N2/c1-6-7-8-14(2,3)12-15(4,5)13-11-16-9-10-17-13/h9-11H,6-8,12H2,1-5H3. The minimum atomic E-state index is 0.103. The maximum atomic E-state index is 4.45. The number of hydrogen-bond acceptors (Lipinski definition) is 2. The van der Waals surface area contributed by atoms with Gasteiger partial charge in [-0.2, -0.15) is 0 Å². The van der Waals surface area contributed by atoms with Crippen molar-refractivity contribution in [3.05, 3.63) is 24.3 Å². The maximum absolute atomic E-state index is 4.45.